The molecule has 2 aliphatic heterocycles. The first-order valence-electron chi connectivity index (χ1n) is 6.06. The van der Waals surface area contributed by atoms with Crippen LogP contribution in [-0.2, 0) is 9.59 Å². The van der Waals surface area contributed by atoms with Gasteiger partial charge in [0.25, 0.3) is 29.4 Å². The Kier molecular flexibility index (Phi) is 2.67. The Morgan fingerprint density at radius 2 is 1.67 bits per heavy atom. The quantitative estimate of drug-likeness (QED) is 0.529. The van der Waals surface area contributed by atoms with Crippen LogP contribution in [0.1, 0.15) is 27.1 Å². The zero-order chi connectivity index (χ0) is 15.4. The van der Waals surface area contributed by atoms with E-state index in [4.69, 9.17) is 0 Å². The summed E-state index contributed by atoms with van der Waals surface area (Å²) in [6.45, 7) is 0. The lowest BCUT2D eigenvalue weighted by Gasteiger charge is -2.35. The van der Waals surface area contributed by atoms with Gasteiger partial charge in [0.1, 0.15) is 6.10 Å². The topological polar surface area (TPSA) is 104 Å². The fourth-order valence-electron chi connectivity index (χ4n) is 2.44. The number of nitrogens with one attached hydrogen (secondary N) is 1. The molecule has 2 heterocycles. The van der Waals surface area contributed by atoms with E-state index in [0.717, 1.165) is 0 Å². The number of piperidine rings is 1. The minimum atomic E-state index is -3.10. The van der Waals surface area contributed by atoms with Crippen LogP contribution in [0.3, 0.4) is 0 Å². The lowest BCUT2D eigenvalue weighted by Crippen LogP contribution is -2.65. The Hall–Kier alpha value is -2.61. The number of amides is 4. The molecule has 2 N–H and O–H groups in total. The van der Waals surface area contributed by atoms with Gasteiger partial charge in [0.05, 0.1) is 11.1 Å². The van der Waals surface area contributed by atoms with E-state index in [1.807, 2.05) is 0 Å². The number of carbonyl (C=O) groups excluding carboxylic acids is 4. The average molecular weight is 292 g/mol. The molecule has 4 amide bonds. The molecule has 108 valence electrons. The molecule has 0 spiro atoms. The highest BCUT2D eigenvalue weighted by atomic mass is 19.1. The van der Waals surface area contributed by atoms with Crippen molar-refractivity contribution in [3.63, 3.8) is 0 Å². The highest BCUT2D eigenvalue weighted by Crippen LogP contribution is 2.35. The van der Waals surface area contributed by atoms with Crippen molar-refractivity contribution in [2.75, 3.05) is 0 Å². The van der Waals surface area contributed by atoms with E-state index in [2.05, 4.69) is 0 Å². The Balaban J connectivity index is 2.06. The zero-order valence-corrected chi connectivity index (χ0v) is 10.5. The molecule has 0 radical (unpaired) electrons. The zero-order valence-electron chi connectivity index (χ0n) is 10.5. The fourth-order valence-corrected chi connectivity index (χ4v) is 2.44. The number of halogens is 1. The number of benzene rings is 1. The summed E-state index contributed by atoms with van der Waals surface area (Å²) in [5, 5.41) is 11.0. The van der Waals surface area contributed by atoms with Crippen molar-refractivity contribution in [3.8, 4) is 0 Å². The Bertz CT molecular complexity index is 669. The molecule has 3 rings (SSSR count). The van der Waals surface area contributed by atoms with Crippen LogP contribution in [-0.4, -0.2) is 45.5 Å². The number of aliphatic hydroxyl groups is 1. The molecular weight excluding hydrogens is 283 g/mol. The van der Waals surface area contributed by atoms with Gasteiger partial charge in [-0.2, -0.15) is 0 Å². The number of hydrogen-bond donors (Lipinski definition) is 2. The van der Waals surface area contributed by atoms with Crippen LogP contribution < -0.4 is 5.32 Å². The van der Waals surface area contributed by atoms with E-state index in [9.17, 15) is 28.7 Å². The second-order valence-corrected chi connectivity index (χ2v) is 4.79. The van der Waals surface area contributed by atoms with Crippen molar-refractivity contribution in [2.24, 2.45) is 0 Å². The highest BCUT2D eigenvalue weighted by Gasteiger charge is 2.58. The van der Waals surface area contributed by atoms with Crippen LogP contribution in [0.15, 0.2) is 24.3 Å². The number of imide groups is 2. The molecule has 8 heteroatoms. The Morgan fingerprint density at radius 3 is 2.19 bits per heavy atom. The van der Waals surface area contributed by atoms with Crippen molar-refractivity contribution >= 4 is 23.6 Å². The Labute approximate surface area is 117 Å². The summed E-state index contributed by atoms with van der Waals surface area (Å²) in [5.74, 6) is -7.55. The molecule has 0 bridgehead atoms. The number of carbonyl (C=O) groups is 4. The van der Waals surface area contributed by atoms with E-state index in [1.165, 1.54) is 24.3 Å². The van der Waals surface area contributed by atoms with Crippen LogP contribution in [0.4, 0.5) is 4.39 Å². The lowest BCUT2D eigenvalue weighted by molar-refractivity contribution is -0.160. The molecule has 0 aromatic heterocycles. The molecular formula is C13H9FN2O5. The van der Waals surface area contributed by atoms with E-state index < -0.39 is 41.9 Å². The summed E-state index contributed by atoms with van der Waals surface area (Å²) in [5.41, 5.74) is -0.0579. The van der Waals surface area contributed by atoms with Crippen LogP contribution in [0, 0.1) is 0 Å². The predicted molar refractivity (Wildman–Crippen MR) is 64.6 cm³/mol. The summed E-state index contributed by atoms with van der Waals surface area (Å²) in [4.78, 5) is 47.4. The van der Waals surface area contributed by atoms with Crippen LogP contribution in [0.2, 0.25) is 0 Å². The third-order valence-electron chi connectivity index (χ3n) is 3.50. The number of fused-ring (bicyclic) bond motifs is 1. The second-order valence-electron chi connectivity index (χ2n) is 4.79. The van der Waals surface area contributed by atoms with Crippen molar-refractivity contribution in [2.45, 2.75) is 18.3 Å². The molecule has 2 atom stereocenters. The maximum atomic E-state index is 14.9. The smallest absolute Gasteiger partial charge is 0.286 e. The van der Waals surface area contributed by atoms with Gasteiger partial charge in [-0.1, -0.05) is 12.1 Å². The third-order valence-corrected chi connectivity index (χ3v) is 3.50. The normalized spacial score (nSPS) is 28.7. The first-order chi connectivity index (χ1) is 9.86. The fraction of sp³-hybridized carbons (Fsp3) is 0.231. The summed E-state index contributed by atoms with van der Waals surface area (Å²) in [7, 11) is 0. The van der Waals surface area contributed by atoms with Gasteiger partial charge in [-0.3, -0.25) is 24.5 Å². The summed E-state index contributed by atoms with van der Waals surface area (Å²) >= 11 is 0. The highest BCUT2D eigenvalue weighted by molar-refractivity contribution is 6.24. The molecule has 1 aromatic carbocycles. The SMILES string of the molecule is O=C1NC(=O)[C@](F)(N2C(=O)c3ccccc3C2=O)C[C@@H]1O. The summed E-state index contributed by atoms with van der Waals surface area (Å²) in [6, 6.07) is 5.66. The molecule has 21 heavy (non-hydrogen) atoms. The van der Waals surface area contributed by atoms with Gasteiger partial charge < -0.3 is 5.11 Å². The number of alkyl halides is 1. The van der Waals surface area contributed by atoms with Gasteiger partial charge in [-0.25, -0.2) is 9.29 Å². The van der Waals surface area contributed by atoms with Crippen LogP contribution in [0.5, 0.6) is 0 Å². The van der Waals surface area contributed by atoms with E-state index in [0.29, 0.717) is 0 Å². The third kappa shape index (κ3) is 1.69. The predicted octanol–water partition coefficient (Wildman–Crippen LogP) is -0.644. The average Bonchev–Trinajstić information content (AvgIpc) is 2.70. The van der Waals surface area contributed by atoms with E-state index in [1.54, 1.807) is 5.32 Å². The van der Waals surface area contributed by atoms with Gasteiger partial charge in [0.2, 0.25) is 0 Å². The number of nitrogens with zero attached hydrogens (tertiary/aromatic N) is 1. The number of hydrogen-bond acceptors (Lipinski definition) is 5. The first kappa shape index (κ1) is 13.4. The Morgan fingerprint density at radius 1 is 1.14 bits per heavy atom. The molecule has 0 unspecified atom stereocenters. The first-order valence-corrected chi connectivity index (χ1v) is 6.06. The van der Waals surface area contributed by atoms with Gasteiger partial charge in [0, 0.05) is 6.42 Å². The summed E-state index contributed by atoms with van der Waals surface area (Å²) < 4.78 is 14.9. The van der Waals surface area contributed by atoms with Gasteiger partial charge in [-0.05, 0) is 12.1 Å². The molecule has 2 aliphatic rings. The van der Waals surface area contributed by atoms with E-state index >= 15 is 0 Å². The van der Waals surface area contributed by atoms with Gasteiger partial charge >= 0.3 is 0 Å². The van der Waals surface area contributed by atoms with Crippen molar-refractivity contribution < 1.29 is 28.7 Å². The lowest BCUT2D eigenvalue weighted by atomic mass is 9.99. The largest absolute Gasteiger partial charge is 0.383 e. The van der Waals surface area contributed by atoms with Crippen LogP contribution in [0.25, 0.3) is 0 Å². The molecule has 7 nitrogen and oxygen atoms in total. The summed E-state index contributed by atoms with van der Waals surface area (Å²) in [6.07, 6.45) is -2.81. The molecule has 1 saturated heterocycles. The maximum Gasteiger partial charge on any atom is 0.286 e. The maximum absolute atomic E-state index is 14.9. The molecule has 0 aliphatic carbocycles. The van der Waals surface area contributed by atoms with Crippen molar-refractivity contribution in [1.82, 2.24) is 10.2 Å². The van der Waals surface area contributed by atoms with Gasteiger partial charge in [0.15, 0.2) is 0 Å². The van der Waals surface area contributed by atoms with Gasteiger partial charge in [-0.15, -0.1) is 0 Å². The minimum absolute atomic E-state index is 0.0290. The molecule has 0 saturated carbocycles. The molecule has 1 aromatic rings. The van der Waals surface area contributed by atoms with Crippen molar-refractivity contribution in [3.05, 3.63) is 35.4 Å². The van der Waals surface area contributed by atoms with Crippen molar-refractivity contribution in [1.29, 1.82) is 0 Å². The molecule has 1 fully saturated rings. The minimum Gasteiger partial charge on any atom is -0.383 e. The monoisotopic (exact) mass is 292 g/mol. The standard InChI is InChI=1S/C13H9FN2O5/c14-13(5-8(17)9(18)15-12(13)21)16-10(19)6-3-1-2-4-7(6)11(16)20/h1-4,8,17H,5H2,(H,15,18,21)/t8-,13+/m0/s1. The van der Waals surface area contributed by atoms with E-state index in [-0.39, 0.29) is 16.0 Å². The second kappa shape index (κ2) is 4.19. The van der Waals surface area contributed by atoms with Crippen LogP contribution >= 0.6 is 0 Å². The number of aliphatic hydroxyl groups excluding tert-OH is 1. The number of rotatable bonds is 1.